The Hall–Kier alpha value is 0.01000. The predicted molar refractivity (Wildman–Crippen MR) is 82.2 cm³/mol. The highest BCUT2D eigenvalue weighted by Gasteiger charge is 2.34. The molecule has 2 fully saturated rings. The predicted octanol–water partition coefficient (Wildman–Crippen LogP) is 4.47. The maximum absolute atomic E-state index is 6.06. The van der Waals surface area contributed by atoms with E-state index in [2.05, 4.69) is 34.1 Å². The van der Waals surface area contributed by atoms with Crippen LogP contribution < -0.4 is 5.73 Å². The second kappa shape index (κ2) is 5.18. The van der Waals surface area contributed by atoms with Gasteiger partial charge in [0, 0.05) is 26.6 Å². The van der Waals surface area contributed by atoms with E-state index in [-0.39, 0.29) is 5.41 Å². The third kappa shape index (κ3) is 2.50. The van der Waals surface area contributed by atoms with Crippen molar-refractivity contribution in [2.45, 2.75) is 54.1 Å². The average molecular weight is 326 g/mol. The van der Waals surface area contributed by atoms with Crippen LogP contribution in [0.2, 0.25) is 0 Å². The van der Waals surface area contributed by atoms with Crippen molar-refractivity contribution in [3.63, 3.8) is 0 Å². The van der Waals surface area contributed by atoms with Crippen molar-refractivity contribution in [2.75, 3.05) is 6.54 Å². The molecular weight excluding hydrogens is 306 g/mol. The molecule has 3 heteroatoms. The Balaban J connectivity index is 1.86. The van der Waals surface area contributed by atoms with E-state index in [9.17, 15) is 0 Å². The molecule has 0 bridgehead atoms. The molecule has 3 rings (SSSR count). The largest absolute Gasteiger partial charge is 0.330 e. The minimum atomic E-state index is 0.255. The first-order chi connectivity index (χ1) is 8.73. The van der Waals surface area contributed by atoms with Crippen molar-refractivity contribution >= 4 is 27.7 Å². The number of rotatable bonds is 4. The van der Waals surface area contributed by atoms with E-state index in [1.807, 2.05) is 11.8 Å². The van der Waals surface area contributed by atoms with E-state index >= 15 is 0 Å². The minimum absolute atomic E-state index is 0.255. The molecule has 1 aromatic carbocycles. The summed E-state index contributed by atoms with van der Waals surface area (Å²) < 4.78 is 1.26. The van der Waals surface area contributed by atoms with Crippen LogP contribution in [-0.2, 0) is 5.41 Å². The highest BCUT2D eigenvalue weighted by molar-refractivity contribution is 9.10. The third-order valence-electron chi connectivity index (χ3n) is 4.31. The van der Waals surface area contributed by atoms with Gasteiger partial charge in [0.05, 0.1) is 0 Å². The minimum Gasteiger partial charge on any atom is -0.330 e. The number of hydrogen-bond acceptors (Lipinski definition) is 2. The number of benzene rings is 1. The number of nitrogens with two attached hydrogens (primary N) is 1. The average Bonchev–Trinajstić information content (AvgIpc) is 3.06. The first-order valence-electron chi connectivity index (χ1n) is 6.90. The van der Waals surface area contributed by atoms with Gasteiger partial charge in [-0.05, 0) is 59.3 Å². The summed E-state index contributed by atoms with van der Waals surface area (Å²) in [5.41, 5.74) is 7.75. The van der Waals surface area contributed by atoms with Crippen molar-refractivity contribution in [2.24, 2.45) is 5.73 Å². The van der Waals surface area contributed by atoms with Crippen LogP contribution in [0.1, 0.15) is 44.1 Å². The fourth-order valence-electron chi connectivity index (χ4n) is 2.95. The normalized spacial score (nSPS) is 22.3. The van der Waals surface area contributed by atoms with Crippen molar-refractivity contribution in [1.29, 1.82) is 0 Å². The molecule has 2 aliphatic carbocycles. The van der Waals surface area contributed by atoms with Gasteiger partial charge in [-0.15, -0.1) is 11.8 Å². The van der Waals surface area contributed by atoms with Crippen LogP contribution in [0.3, 0.4) is 0 Å². The molecule has 1 aromatic rings. The summed E-state index contributed by atoms with van der Waals surface area (Å²) in [6.45, 7) is 0.786. The van der Waals surface area contributed by atoms with Crippen LogP contribution in [-0.4, -0.2) is 11.8 Å². The fourth-order valence-corrected chi connectivity index (χ4v) is 4.66. The molecule has 0 atom stereocenters. The zero-order valence-electron chi connectivity index (χ0n) is 10.6. The van der Waals surface area contributed by atoms with Gasteiger partial charge >= 0.3 is 0 Å². The van der Waals surface area contributed by atoms with Gasteiger partial charge in [-0.1, -0.05) is 18.9 Å². The van der Waals surface area contributed by atoms with E-state index in [1.165, 1.54) is 53.5 Å². The number of thioether (sulfide) groups is 1. The van der Waals surface area contributed by atoms with Crippen LogP contribution in [0.4, 0.5) is 0 Å². The summed E-state index contributed by atoms with van der Waals surface area (Å²) in [6, 6.07) is 6.93. The smallest absolute Gasteiger partial charge is 0.0314 e. The van der Waals surface area contributed by atoms with Gasteiger partial charge in [0.15, 0.2) is 0 Å². The van der Waals surface area contributed by atoms with Crippen molar-refractivity contribution in [3.8, 4) is 0 Å². The summed E-state index contributed by atoms with van der Waals surface area (Å²) in [5, 5.41) is 0.863. The van der Waals surface area contributed by atoms with Crippen LogP contribution >= 0.6 is 27.7 Å². The van der Waals surface area contributed by atoms with Gasteiger partial charge in [0.25, 0.3) is 0 Å². The Morgan fingerprint density at radius 1 is 1.28 bits per heavy atom. The highest BCUT2D eigenvalue weighted by Crippen LogP contribution is 2.45. The molecule has 1 nitrogen and oxygen atoms in total. The maximum Gasteiger partial charge on any atom is 0.0314 e. The third-order valence-corrected chi connectivity index (χ3v) is 6.65. The summed E-state index contributed by atoms with van der Waals surface area (Å²) >= 11 is 5.76. The Labute approximate surface area is 122 Å². The van der Waals surface area contributed by atoms with Crippen molar-refractivity contribution in [3.05, 3.63) is 28.2 Å². The van der Waals surface area contributed by atoms with Crippen molar-refractivity contribution in [1.82, 2.24) is 0 Å². The Bertz CT molecular complexity index is 436. The maximum atomic E-state index is 6.06. The van der Waals surface area contributed by atoms with Gasteiger partial charge in [-0.25, -0.2) is 0 Å². The number of halogens is 1. The lowest BCUT2D eigenvalue weighted by atomic mass is 9.79. The Morgan fingerprint density at radius 2 is 2.00 bits per heavy atom. The second-order valence-electron chi connectivity index (χ2n) is 5.65. The molecule has 0 aliphatic heterocycles. The molecule has 2 saturated carbocycles. The molecule has 0 saturated heterocycles. The van der Waals surface area contributed by atoms with Crippen molar-refractivity contribution < 1.29 is 0 Å². The molecular formula is C15H20BrNS. The molecule has 0 radical (unpaired) electrons. The Kier molecular flexibility index (Phi) is 3.75. The second-order valence-corrected chi connectivity index (χ2v) is 7.85. The molecule has 2 N–H and O–H groups in total. The molecule has 18 heavy (non-hydrogen) atoms. The van der Waals surface area contributed by atoms with Crippen LogP contribution in [0.5, 0.6) is 0 Å². The standard InChI is InChI=1S/C15H20BrNS/c16-13-9-11(15(10-17)7-1-2-8-15)3-6-14(13)18-12-4-5-12/h3,6,9,12H,1-2,4-5,7-8,10,17H2. The summed E-state index contributed by atoms with van der Waals surface area (Å²) in [4.78, 5) is 1.39. The zero-order valence-corrected chi connectivity index (χ0v) is 13.0. The highest BCUT2D eigenvalue weighted by atomic mass is 79.9. The molecule has 0 unspecified atom stereocenters. The quantitative estimate of drug-likeness (QED) is 0.883. The van der Waals surface area contributed by atoms with Gasteiger partial charge in [-0.2, -0.15) is 0 Å². The SMILES string of the molecule is NCC1(c2ccc(SC3CC3)c(Br)c2)CCCC1. The van der Waals surface area contributed by atoms with Crippen LogP contribution in [0.15, 0.2) is 27.6 Å². The zero-order chi connectivity index (χ0) is 12.6. The van der Waals surface area contributed by atoms with E-state index < -0.39 is 0 Å². The Morgan fingerprint density at radius 3 is 2.56 bits per heavy atom. The van der Waals surface area contributed by atoms with Gasteiger partial charge < -0.3 is 5.73 Å². The van der Waals surface area contributed by atoms with Crippen LogP contribution in [0.25, 0.3) is 0 Å². The topological polar surface area (TPSA) is 26.0 Å². The first-order valence-corrected chi connectivity index (χ1v) is 8.57. The summed E-state index contributed by atoms with van der Waals surface area (Å²) in [6.07, 6.45) is 7.92. The monoisotopic (exact) mass is 325 g/mol. The molecule has 0 spiro atoms. The fraction of sp³-hybridized carbons (Fsp3) is 0.600. The van der Waals surface area contributed by atoms with E-state index in [1.54, 1.807) is 0 Å². The molecule has 2 aliphatic rings. The first kappa shape index (κ1) is 13.0. The van der Waals surface area contributed by atoms with E-state index in [4.69, 9.17) is 5.73 Å². The van der Waals surface area contributed by atoms with Gasteiger partial charge in [0.1, 0.15) is 0 Å². The summed E-state index contributed by atoms with van der Waals surface area (Å²) in [7, 11) is 0. The molecule has 0 amide bonds. The molecule has 0 aromatic heterocycles. The van der Waals surface area contributed by atoms with E-state index in [0.29, 0.717) is 0 Å². The lowest BCUT2D eigenvalue weighted by molar-refractivity contribution is 0.452. The lowest BCUT2D eigenvalue weighted by Crippen LogP contribution is -2.31. The van der Waals surface area contributed by atoms with E-state index in [0.717, 1.165) is 11.8 Å². The number of hydrogen-bond donors (Lipinski definition) is 1. The lowest BCUT2D eigenvalue weighted by Gasteiger charge is -2.28. The molecule has 98 valence electrons. The summed E-state index contributed by atoms with van der Waals surface area (Å²) in [5.74, 6) is 0. The van der Waals surface area contributed by atoms with Gasteiger partial charge in [-0.3, -0.25) is 0 Å². The van der Waals surface area contributed by atoms with Gasteiger partial charge in [0.2, 0.25) is 0 Å². The van der Waals surface area contributed by atoms with Crippen LogP contribution in [0, 0.1) is 0 Å². The molecule has 0 heterocycles.